The zero-order chi connectivity index (χ0) is 13.0. The van der Waals surface area contributed by atoms with E-state index in [0.29, 0.717) is 0 Å². The molecule has 2 aromatic rings. The van der Waals surface area contributed by atoms with Gasteiger partial charge < -0.3 is 14.9 Å². The molecule has 0 aliphatic rings. The fourth-order valence-corrected chi connectivity index (χ4v) is 1.65. The lowest BCUT2D eigenvalue weighted by molar-refractivity contribution is -0.782. The van der Waals surface area contributed by atoms with Gasteiger partial charge in [0, 0.05) is 13.3 Å². The Balaban J connectivity index is 2.03. The third-order valence-electron chi connectivity index (χ3n) is 2.50. The predicted octanol–water partition coefficient (Wildman–Crippen LogP) is 2.45. The summed E-state index contributed by atoms with van der Waals surface area (Å²) in [7, 11) is 0. The molecule has 1 N–H and O–H groups in total. The molecular formula is C12H13N3O3. The van der Waals surface area contributed by atoms with Gasteiger partial charge in [0.15, 0.2) is 11.3 Å². The van der Waals surface area contributed by atoms with E-state index < -0.39 is 6.09 Å². The highest BCUT2D eigenvalue weighted by Gasteiger charge is 2.17. The van der Waals surface area contributed by atoms with Gasteiger partial charge in [-0.15, -0.1) is 0 Å². The average molecular weight is 247 g/mol. The number of aromatic nitrogens is 2. The quantitative estimate of drug-likeness (QED) is 0.841. The van der Waals surface area contributed by atoms with E-state index in [-0.39, 0.29) is 11.9 Å². The normalized spacial score (nSPS) is 12.1. The Hall–Kier alpha value is -2.37. The molecule has 0 saturated heterocycles. The summed E-state index contributed by atoms with van der Waals surface area (Å²) in [6.07, 6.45) is 0.959. The Labute approximate surface area is 104 Å². The number of hydrogen-bond acceptors (Lipinski definition) is 3. The van der Waals surface area contributed by atoms with E-state index in [1.54, 1.807) is 4.68 Å². The topological polar surface area (TPSA) is 81.3 Å². The number of rotatable bonds is 4. The molecule has 0 bridgehead atoms. The standard InChI is InChI=1S/C12H13N3O3/c1-9(7-10-5-3-2-4-6-10)15-8-11(18-14-15)13-12(16)17/h2-6,8-9H,7H2,1H3,(H-,13,14,16,17). The largest absolute Gasteiger partial charge is 0.552 e. The smallest absolute Gasteiger partial charge is 0.232 e. The van der Waals surface area contributed by atoms with Gasteiger partial charge in [-0.3, -0.25) is 4.79 Å². The minimum absolute atomic E-state index is 0.0117. The molecule has 1 heterocycles. The van der Waals surface area contributed by atoms with Gasteiger partial charge in [0.1, 0.15) is 5.88 Å². The van der Waals surface area contributed by atoms with Gasteiger partial charge >= 0.3 is 0 Å². The highest BCUT2D eigenvalue weighted by molar-refractivity contribution is 5.86. The van der Waals surface area contributed by atoms with Crippen LogP contribution in [-0.4, -0.2) is 16.5 Å². The molecule has 1 aromatic heterocycles. The number of carboxylic acid groups (broad SMARTS) is 1. The first-order valence-electron chi connectivity index (χ1n) is 5.52. The van der Waals surface area contributed by atoms with Crippen molar-refractivity contribution < 1.29 is 19.1 Å². The van der Waals surface area contributed by atoms with Crippen molar-refractivity contribution in [2.45, 2.75) is 19.4 Å². The molecule has 6 nitrogen and oxygen atoms in total. The van der Waals surface area contributed by atoms with Crippen LogP contribution in [0.15, 0.2) is 41.1 Å². The van der Waals surface area contributed by atoms with Gasteiger partial charge in [0.05, 0.1) is 0 Å². The van der Waals surface area contributed by atoms with Crippen molar-refractivity contribution in [1.82, 2.24) is 5.27 Å². The van der Waals surface area contributed by atoms with Crippen LogP contribution in [0.25, 0.3) is 5.32 Å². The Kier molecular flexibility index (Phi) is 3.57. The fourth-order valence-electron chi connectivity index (χ4n) is 1.65. The van der Waals surface area contributed by atoms with Crippen molar-refractivity contribution in [3.63, 3.8) is 0 Å². The Morgan fingerprint density at radius 3 is 2.89 bits per heavy atom. The average Bonchev–Trinajstić information content (AvgIpc) is 2.78. The molecule has 6 heteroatoms. The van der Waals surface area contributed by atoms with Crippen LogP contribution < -0.4 is 4.68 Å². The number of hydrogen-bond donors (Lipinski definition) is 1. The van der Waals surface area contributed by atoms with Crippen LogP contribution in [0.4, 0.5) is 10.7 Å². The molecule has 0 aliphatic heterocycles. The molecule has 2 rings (SSSR count). The zero-order valence-electron chi connectivity index (χ0n) is 9.85. The third kappa shape index (κ3) is 3.07. The molecule has 0 radical (unpaired) electrons. The summed E-state index contributed by atoms with van der Waals surface area (Å²) < 4.78 is 6.36. The lowest BCUT2D eigenvalue weighted by Crippen LogP contribution is -2.39. The van der Waals surface area contributed by atoms with E-state index in [9.17, 15) is 4.79 Å². The van der Waals surface area contributed by atoms with Crippen LogP contribution in [-0.2, 0) is 6.42 Å². The summed E-state index contributed by atoms with van der Waals surface area (Å²) in [6, 6.07) is 10.0. The number of amides is 1. The van der Waals surface area contributed by atoms with Crippen LogP contribution in [0.5, 0.6) is 0 Å². The Morgan fingerprint density at radius 2 is 2.22 bits per heavy atom. The van der Waals surface area contributed by atoms with Crippen LogP contribution in [0.2, 0.25) is 0 Å². The molecule has 18 heavy (non-hydrogen) atoms. The Bertz CT molecular complexity index is 524. The molecule has 0 spiro atoms. The highest BCUT2D eigenvalue weighted by Crippen LogP contribution is 2.15. The zero-order valence-corrected chi connectivity index (χ0v) is 9.85. The van der Waals surface area contributed by atoms with E-state index in [1.807, 2.05) is 37.3 Å². The number of carbonyl (C=O) groups is 1. The lowest BCUT2D eigenvalue weighted by Gasteiger charge is -2.04. The summed E-state index contributed by atoms with van der Waals surface area (Å²) in [5, 5.41) is 15.5. The molecule has 94 valence electrons. The van der Waals surface area contributed by atoms with E-state index in [4.69, 9.17) is 9.63 Å². The van der Waals surface area contributed by atoms with Crippen LogP contribution in [0.1, 0.15) is 18.5 Å². The maximum absolute atomic E-state index is 10.4. The van der Waals surface area contributed by atoms with E-state index >= 15 is 0 Å². The minimum Gasteiger partial charge on any atom is -0.552 e. The summed E-state index contributed by atoms with van der Waals surface area (Å²) in [6.45, 7) is 1.97. The van der Waals surface area contributed by atoms with Crippen molar-refractivity contribution in [1.29, 1.82) is 0 Å². The lowest BCUT2D eigenvalue weighted by atomic mass is 10.1. The number of nitrogens with zero attached hydrogens (tertiary/aromatic N) is 3. The van der Waals surface area contributed by atoms with Gasteiger partial charge in [-0.1, -0.05) is 35.0 Å². The van der Waals surface area contributed by atoms with Crippen molar-refractivity contribution in [2.75, 3.05) is 0 Å². The molecule has 0 aliphatic carbocycles. The molecule has 1 aromatic carbocycles. The van der Waals surface area contributed by atoms with Crippen molar-refractivity contribution in [3.05, 3.63) is 47.4 Å². The molecule has 1 atom stereocenters. The Morgan fingerprint density at radius 1 is 1.50 bits per heavy atom. The van der Waals surface area contributed by atoms with E-state index in [0.717, 1.165) is 6.42 Å². The van der Waals surface area contributed by atoms with Gasteiger partial charge in [-0.05, 0) is 5.56 Å². The molecule has 1 unspecified atom stereocenters. The van der Waals surface area contributed by atoms with Crippen LogP contribution in [0.3, 0.4) is 0 Å². The maximum atomic E-state index is 10.4. The minimum atomic E-state index is -1.30. The second kappa shape index (κ2) is 5.31. The molecule has 0 saturated carbocycles. The van der Waals surface area contributed by atoms with Crippen molar-refractivity contribution >= 4 is 12.0 Å². The monoisotopic (exact) mass is 247 g/mol. The van der Waals surface area contributed by atoms with Crippen molar-refractivity contribution in [3.8, 4) is 0 Å². The molecule has 1 amide bonds. The SMILES string of the molecule is CC(Cc1ccccc1)[n+]1cc([N-]C(=O)O)on1. The highest BCUT2D eigenvalue weighted by atomic mass is 16.5. The summed E-state index contributed by atoms with van der Waals surface area (Å²) >= 11 is 0. The first-order valence-corrected chi connectivity index (χ1v) is 5.52. The molecular weight excluding hydrogens is 234 g/mol. The van der Waals surface area contributed by atoms with Gasteiger partial charge in [0.25, 0.3) is 0 Å². The number of benzene rings is 1. The second-order valence-electron chi connectivity index (χ2n) is 3.95. The summed E-state index contributed by atoms with van der Waals surface area (Å²) in [5.41, 5.74) is 1.18. The van der Waals surface area contributed by atoms with E-state index in [1.165, 1.54) is 11.8 Å². The van der Waals surface area contributed by atoms with Crippen LogP contribution in [0, 0.1) is 0 Å². The first kappa shape index (κ1) is 12.1. The second-order valence-corrected chi connectivity index (χ2v) is 3.95. The maximum Gasteiger partial charge on any atom is 0.232 e. The van der Waals surface area contributed by atoms with Crippen molar-refractivity contribution in [2.24, 2.45) is 0 Å². The predicted molar refractivity (Wildman–Crippen MR) is 62.6 cm³/mol. The third-order valence-corrected chi connectivity index (χ3v) is 2.50. The van der Waals surface area contributed by atoms with E-state index in [2.05, 4.69) is 10.6 Å². The first-order chi connectivity index (χ1) is 8.65. The van der Waals surface area contributed by atoms with Gasteiger partial charge in [-0.2, -0.15) is 0 Å². The molecule has 0 fully saturated rings. The fraction of sp³-hybridized carbons (Fsp3) is 0.250. The van der Waals surface area contributed by atoms with Crippen LogP contribution >= 0.6 is 0 Å². The summed E-state index contributed by atoms with van der Waals surface area (Å²) in [5.74, 6) is -0.0117. The summed E-state index contributed by atoms with van der Waals surface area (Å²) in [4.78, 5) is 10.4. The van der Waals surface area contributed by atoms with Gasteiger partial charge in [0.2, 0.25) is 12.3 Å². The van der Waals surface area contributed by atoms with Gasteiger partial charge in [-0.25, -0.2) is 0 Å².